The van der Waals surface area contributed by atoms with Crippen molar-refractivity contribution in [2.75, 3.05) is 6.54 Å². The molecule has 120 valence electrons. The molecule has 0 radical (unpaired) electrons. The lowest BCUT2D eigenvalue weighted by Crippen LogP contribution is -2.46. The summed E-state index contributed by atoms with van der Waals surface area (Å²) in [7, 11) is 0. The number of primary amides is 1. The van der Waals surface area contributed by atoms with E-state index in [1.165, 1.54) is 32.1 Å². The molecule has 0 aromatic carbocycles. The first-order chi connectivity index (χ1) is 9.99. The first-order valence-corrected chi connectivity index (χ1v) is 7.54. The maximum absolute atomic E-state index is 11.6. The van der Waals surface area contributed by atoms with E-state index in [2.05, 4.69) is 10.6 Å². The third kappa shape index (κ3) is 7.53. The van der Waals surface area contributed by atoms with Crippen molar-refractivity contribution in [1.29, 1.82) is 0 Å². The summed E-state index contributed by atoms with van der Waals surface area (Å²) in [4.78, 5) is 33.3. The summed E-state index contributed by atoms with van der Waals surface area (Å²) in [5, 5.41) is 14.0. The second kappa shape index (κ2) is 9.20. The fourth-order valence-corrected chi connectivity index (χ4v) is 2.62. The normalized spacial score (nSPS) is 17.0. The van der Waals surface area contributed by atoms with Gasteiger partial charge < -0.3 is 21.5 Å². The molecule has 0 saturated heterocycles. The van der Waals surface area contributed by atoms with Gasteiger partial charge in [-0.3, -0.25) is 4.79 Å². The minimum absolute atomic E-state index is 0.000706. The lowest BCUT2D eigenvalue weighted by molar-refractivity contribution is -0.139. The van der Waals surface area contributed by atoms with Gasteiger partial charge in [-0.05, 0) is 18.8 Å². The number of carboxylic acids is 1. The van der Waals surface area contributed by atoms with Gasteiger partial charge in [0.15, 0.2) is 0 Å². The fourth-order valence-electron chi connectivity index (χ4n) is 2.62. The van der Waals surface area contributed by atoms with Crippen LogP contribution in [0.25, 0.3) is 0 Å². The number of carbonyl (C=O) groups is 3. The second-order valence-corrected chi connectivity index (χ2v) is 5.59. The molecule has 0 spiro atoms. The van der Waals surface area contributed by atoms with E-state index < -0.39 is 23.9 Å². The Morgan fingerprint density at radius 3 is 2.43 bits per heavy atom. The standard InChI is InChI=1S/C14H25N3O4/c15-12(18)7-6-11(13(19)20)17-14(21)16-9-8-10-4-2-1-3-5-10/h10-11H,1-9H2,(H2,15,18)(H,19,20)(H2,16,17,21). The van der Waals surface area contributed by atoms with Gasteiger partial charge in [-0.25, -0.2) is 9.59 Å². The first-order valence-electron chi connectivity index (χ1n) is 7.54. The van der Waals surface area contributed by atoms with Crippen molar-refractivity contribution in [3.8, 4) is 0 Å². The number of hydrogen-bond donors (Lipinski definition) is 4. The lowest BCUT2D eigenvalue weighted by Gasteiger charge is -2.21. The molecule has 1 fully saturated rings. The van der Waals surface area contributed by atoms with Crippen LogP contribution in [0.4, 0.5) is 4.79 Å². The number of rotatable bonds is 8. The molecular formula is C14H25N3O4. The van der Waals surface area contributed by atoms with Crippen LogP contribution in [0, 0.1) is 5.92 Å². The van der Waals surface area contributed by atoms with Crippen LogP contribution >= 0.6 is 0 Å². The van der Waals surface area contributed by atoms with Gasteiger partial charge in [0.2, 0.25) is 5.91 Å². The van der Waals surface area contributed by atoms with Crippen molar-refractivity contribution >= 4 is 17.9 Å². The minimum atomic E-state index is -1.17. The highest BCUT2D eigenvalue weighted by Crippen LogP contribution is 2.25. The Labute approximate surface area is 124 Å². The van der Waals surface area contributed by atoms with Crippen molar-refractivity contribution in [2.24, 2.45) is 11.7 Å². The number of urea groups is 1. The van der Waals surface area contributed by atoms with Gasteiger partial charge in [-0.2, -0.15) is 0 Å². The van der Waals surface area contributed by atoms with Crippen LogP contribution in [0.2, 0.25) is 0 Å². The van der Waals surface area contributed by atoms with E-state index in [1.54, 1.807) is 0 Å². The SMILES string of the molecule is NC(=O)CCC(NC(=O)NCCC1CCCCC1)C(=O)O. The summed E-state index contributed by atoms with van der Waals surface area (Å²) in [6, 6.07) is -1.60. The molecule has 7 heteroatoms. The molecule has 0 aromatic heterocycles. The fraction of sp³-hybridized carbons (Fsp3) is 0.786. The molecule has 21 heavy (non-hydrogen) atoms. The second-order valence-electron chi connectivity index (χ2n) is 5.59. The number of aliphatic carboxylic acids is 1. The molecule has 0 bridgehead atoms. The highest BCUT2D eigenvalue weighted by atomic mass is 16.4. The summed E-state index contributed by atoms with van der Waals surface area (Å²) in [6.45, 7) is 0.540. The lowest BCUT2D eigenvalue weighted by atomic mass is 9.87. The Morgan fingerprint density at radius 1 is 1.19 bits per heavy atom. The van der Waals surface area contributed by atoms with Gasteiger partial charge in [0.25, 0.3) is 0 Å². The third-order valence-electron chi connectivity index (χ3n) is 3.85. The maximum atomic E-state index is 11.6. The molecule has 1 saturated carbocycles. The van der Waals surface area contributed by atoms with E-state index in [-0.39, 0.29) is 12.8 Å². The van der Waals surface area contributed by atoms with E-state index in [4.69, 9.17) is 10.8 Å². The predicted octanol–water partition coefficient (Wildman–Crippen LogP) is 0.975. The van der Waals surface area contributed by atoms with Crippen LogP contribution in [0.15, 0.2) is 0 Å². The molecule has 0 aromatic rings. The van der Waals surface area contributed by atoms with Crippen LogP contribution in [0.5, 0.6) is 0 Å². The Bertz CT molecular complexity index is 367. The first kappa shape index (κ1) is 17.3. The largest absolute Gasteiger partial charge is 0.480 e. The number of carbonyl (C=O) groups excluding carboxylic acids is 2. The van der Waals surface area contributed by atoms with Crippen LogP contribution in [0.1, 0.15) is 51.4 Å². The molecule has 5 N–H and O–H groups in total. The number of amides is 3. The van der Waals surface area contributed by atoms with Crippen molar-refractivity contribution in [2.45, 2.75) is 57.4 Å². The van der Waals surface area contributed by atoms with E-state index in [0.29, 0.717) is 12.5 Å². The zero-order valence-corrected chi connectivity index (χ0v) is 12.3. The molecule has 0 aliphatic heterocycles. The van der Waals surface area contributed by atoms with Gasteiger partial charge >= 0.3 is 12.0 Å². The smallest absolute Gasteiger partial charge is 0.326 e. The van der Waals surface area contributed by atoms with Gasteiger partial charge in [-0.1, -0.05) is 32.1 Å². The Morgan fingerprint density at radius 2 is 1.86 bits per heavy atom. The molecule has 1 unspecified atom stereocenters. The minimum Gasteiger partial charge on any atom is -0.480 e. The average Bonchev–Trinajstić information content (AvgIpc) is 2.44. The third-order valence-corrected chi connectivity index (χ3v) is 3.85. The molecule has 3 amide bonds. The summed E-state index contributed by atoms with van der Waals surface area (Å²) in [6.07, 6.45) is 7.08. The van der Waals surface area contributed by atoms with Crippen LogP contribution < -0.4 is 16.4 Å². The molecular weight excluding hydrogens is 274 g/mol. The van der Waals surface area contributed by atoms with Crippen LogP contribution in [-0.4, -0.2) is 35.6 Å². The van der Waals surface area contributed by atoms with E-state index in [0.717, 1.165) is 6.42 Å². The van der Waals surface area contributed by atoms with Gasteiger partial charge in [0.05, 0.1) is 0 Å². The van der Waals surface area contributed by atoms with Gasteiger partial charge in [0.1, 0.15) is 6.04 Å². The molecule has 1 aliphatic carbocycles. The summed E-state index contributed by atoms with van der Waals surface area (Å²) in [5.41, 5.74) is 4.97. The van der Waals surface area contributed by atoms with Gasteiger partial charge in [-0.15, -0.1) is 0 Å². The Kier molecular flexibility index (Phi) is 7.56. The van der Waals surface area contributed by atoms with Crippen molar-refractivity contribution < 1.29 is 19.5 Å². The van der Waals surface area contributed by atoms with Crippen molar-refractivity contribution in [3.63, 3.8) is 0 Å². The van der Waals surface area contributed by atoms with E-state index in [1.807, 2.05) is 0 Å². The van der Waals surface area contributed by atoms with E-state index in [9.17, 15) is 14.4 Å². The highest BCUT2D eigenvalue weighted by Gasteiger charge is 2.20. The zero-order chi connectivity index (χ0) is 15.7. The molecule has 1 rings (SSSR count). The summed E-state index contributed by atoms with van der Waals surface area (Å²) < 4.78 is 0. The highest BCUT2D eigenvalue weighted by molar-refractivity contribution is 5.83. The van der Waals surface area contributed by atoms with Crippen LogP contribution in [0.3, 0.4) is 0 Å². The monoisotopic (exact) mass is 299 g/mol. The number of carboxylic acid groups (broad SMARTS) is 1. The quantitative estimate of drug-likeness (QED) is 0.533. The number of nitrogens with one attached hydrogen (secondary N) is 2. The molecule has 7 nitrogen and oxygen atoms in total. The topological polar surface area (TPSA) is 122 Å². The van der Waals surface area contributed by atoms with Gasteiger partial charge in [0, 0.05) is 13.0 Å². The molecule has 1 aliphatic rings. The Balaban J connectivity index is 2.22. The van der Waals surface area contributed by atoms with Crippen molar-refractivity contribution in [3.05, 3.63) is 0 Å². The maximum Gasteiger partial charge on any atom is 0.326 e. The van der Waals surface area contributed by atoms with E-state index >= 15 is 0 Å². The Hall–Kier alpha value is -1.79. The predicted molar refractivity (Wildman–Crippen MR) is 77.6 cm³/mol. The molecule has 0 heterocycles. The number of nitrogens with two attached hydrogens (primary N) is 1. The number of hydrogen-bond acceptors (Lipinski definition) is 3. The average molecular weight is 299 g/mol. The summed E-state index contributed by atoms with van der Waals surface area (Å²) >= 11 is 0. The zero-order valence-electron chi connectivity index (χ0n) is 12.3. The molecule has 1 atom stereocenters. The van der Waals surface area contributed by atoms with Crippen LogP contribution in [-0.2, 0) is 9.59 Å². The summed E-state index contributed by atoms with van der Waals surface area (Å²) in [5.74, 6) is -1.09. The van der Waals surface area contributed by atoms with Crippen molar-refractivity contribution in [1.82, 2.24) is 10.6 Å².